The van der Waals surface area contributed by atoms with Gasteiger partial charge in [-0.25, -0.2) is 8.42 Å². The van der Waals surface area contributed by atoms with Crippen molar-refractivity contribution < 1.29 is 13.2 Å². The molecule has 2 unspecified atom stereocenters. The van der Waals surface area contributed by atoms with Gasteiger partial charge in [-0.15, -0.1) is 0 Å². The summed E-state index contributed by atoms with van der Waals surface area (Å²) in [6.45, 7) is 0.105. The topological polar surface area (TPSA) is 69.4 Å². The van der Waals surface area contributed by atoms with Gasteiger partial charge in [-0.1, -0.05) is 48.5 Å². The molecule has 4 nitrogen and oxygen atoms in total. The van der Waals surface area contributed by atoms with Crippen LogP contribution in [-0.4, -0.2) is 20.3 Å². The van der Waals surface area contributed by atoms with Crippen LogP contribution in [-0.2, 0) is 15.6 Å². The van der Waals surface area contributed by atoms with E-state index in [0.29, 0.717) is 5.75 Å². The third kappa shape index (κ3) is 2.80. The van der Waals surface area contributed by atoms with Crippen LogP contribution >= 0.6 is 0 Å². The highest BCUT2D eigenvalue weighted by Gasteiger charge is 2.37. The minimum absolute atomic E-state index is 0.0161. The molecule has 5 heteroatoms. The molecule has 2 N–H and O–H groups in total. The van der Waals surface area contributed by atoms with Crippen LogP contribution in [0.5, 0.6) is 5.75 Å². The summed E-state index contributed by atoms with van der Waals surface area (Å²) in [4.78, 5) is 0. The third-order valence-corrected chi connectivity index (χ3v) is 5.84. The first kappa shape index (κ1) is 14.1. The fourth-order valence-electron chi connectivity index (χ4n) is 2.60. The number of sulfone groups is 1. The summed E-state index contributed by atoms with van der Waals surface area (Å²) in [5, 5.41) is -0.715. The number of rotatable bonds is 3. The van der Waals surface area contributed by atoms with Crippen LogP contribution in [0.25, 0.3) is 0 Å². The number of benzene rings is 2. The second kappa shape index (κ2) is 5.50. The number of ether oxygens (including phenoxy) is 1. The number of hydrogen-bond acceptors (Lipinski definition) is 4. The number of fused-ring (bicyclic) bond motifs is 1. The van der Waals surface area contributed by atoms with E-state index in [1.54, 1.807) is 12.1 Å². The van der Waals surface area contributed by atoms with Gasteiger partial charge in [0.15, 0.2) is 9.84 Å². The van der Waals surface area contributed by atoms with Crippen LogP contribution in [0, 0.1) is 0 Å². The molecule has 0 saturated heterocycles. The lowest BCUT2D eigenvalue weighted by Gasteiger charge is -2.30. The zero-order valence-electron chi connectivity index (χ0n) is 11.5. The fraction of sp³-hybridized carbons (Fsp3) is 0.250. The number of para-hydroxylation sites is 1. The molecular formula is C16H17NO3S. The van der Waals surface area contributed by atoms with Crippen LogP contribution in [0.3, 0.4) is 0 Å². The maximum atomic E-state index is 12.6. The van der Waals surface area contributed by atoms with Gasteiger partial charge in [0, 0.05) is 5.56 Å². The molecule has 0 aliphatic carbocycles. The number of hydrogen-bond donors (Lipinski definition) is 1. The van der Waals surface area contributed by atoms with Crippen LogP contribution in [0.15, 0.2) is 54.6 Å². The van der Waals surface area contributed by atoms with Gasteiger partial charge in [0.05, 0.1) is 11.8 Å². The van der Waals surface area contributed by atoms with Gasteiger partial charge in [-0.05, 0) is 11.6 Å². The molecule has 1 heterocycles. The van der Waals surface area contributed by atoms with E-state index in [-0.39, 0.29) is 12.4 Å². The van der Waals surface area contributed by atoms with Gasteiger partial charge >= 0.3 is 0 Å². The van der Waals surface area contributed by atoms with E-state index >= 15 is 0 Å². The third-order valence-electron chi connectivity index (χ3n) is 3.75. The molecule has 0 spiro atoms. The Morgan fingerprint density at radius 2 is 1.71 bits per heavy atom. The molecule has 3 rings (SSSR count). The fourth-order valence-corrected chi connectivity index (χ4v) is 4.34. The zero-order valence-corrected chi connectivity index (χ0v) is 12.3. The maximum Gasteiger partial charge on any atom is 0.162 e. The molecular weight excluding hydrogens is 286 g/mol. The molecule has 110 valence electrons. The summed E-state index contributed by atoms with van der Waals surface area (Å²) in [6.07, 6.45) is 0. The minimum Gasteiger partial charge on any atom is -0.492 e. The van der Waals surface area contributed by atoms with Gasteiger partial charge in [-0.3, -0.25) is 0 Å². The largest absolute Gasteiger partial charge is 0.492 e. The molecule has 0 aromatic heterocycles. The highest BCUT2D eigenvalue weighted by molar-refractivity contribution is 7.91. The Morgan fingerprint density at radius 1 is 1.05 bits per heavy atom. The van der Waals surface area contributed by atoms with Gasteiger partial charge < -0.3 is 10.5 Å². The Hall–Kier alpha value is -1.85. The average Bonchev–Trinajstić information content (AvgIpc) is 2.48. The Morgan fingerprint density at radius 3 is 2.48 bits per heavy atom. The molecule has 1 aliphatic heterocycles. The first-order valence-electron chi connectivity index (χ1n) is 6.81. The van der Waals surface area contributed by atoms with Crippen molar-refractivity contribution in [2.45, 2.75) is 17.0 Å². The molecule has 21 heavy (non-hydrogen) atoms. The van der Waals surface area contributed by atoms with Crippen LogP contribution in [0.2, 0.25) is 0 Å². The lowest BCUT2D eigenvalue weighted by molar-refractivity contribution is 0.270. The minimum atomic E-state index is -3.38. The smallest absolute Gasteiger partial charge is 0.162 e. The van der Waals surface area contributed by atoms with Crippen molar-refractivity contribution in [3.63, 3.8) is 0 Å². The van der Waals surface area contributed by atoms with Crippen LogP contribution in [0.4, 0.5) is 0 Å². The second-order valence-electron chi connectivity index (χ2n) is 5.21. The normalized spacial score (nSPS) is 21.4. The Balaban J connectivity index is 1.87. The van der Waals surface area contributed by atoms with Crippen LogP contribution < -0.4 is 10.5 Å². The molecule has 2 aromatic rings. The molecule has 2 aromatic carbocycles. The Kier molecular flexibility index (Phi) is 3.69. The van der Waals surface area contributed by atoms with E-state index < -0.39 is 21.1 Å². The first-order chi connectivity index (χ1) is 10.1. The van der Waals surface area contributed by atoms with E-state index in [2.05, 4.69) is 0 Å². The van der Waals surface area contributed by atoms with Crippen molar-refractivity contribution in [1.82, 2.24) is 0 Å². The van der Waals surface area contributed by atoms with E-state index in [9.17, 15) is 8.42 Å². The molecule has 0 fully saturated rings. The molecule has 0 saturated carbocycles. The summed E-state index contributed by atoms with van der Waals surface area (Å²) >= 11 is 0. The summed E-state index contributed by atoms with van der Waals surface area (Å²) < 4.78 is 30.8. The summed E-state index contributed by atoms with van der Waals surface area (Å²) in [5.41, 5.74) is 7.69. The van der Waals surface area contributed by atoms with Crippen LogP contribution in [0.1, 0.15) is 17.2 Å². The summed E-state index contributed by atoms with van der Waals surface area (Å²) in [7, 11) is -3.38. The second-order valence-corrected chi connectivity index (χ2v) is 7.43. The zero-order chi connectivity index (χ0) is 14.9. The Labute approximate surface area is 124 Å². The molecule has 2 atom stereocenters. The van der Waals surface area contributed by atoms with E-state index in [1.165, 1.54) is 0 Å². The molecule has 0 amide bonds. The van der Waals surface area contributed by atoms with Gasteiger partial charge in [0.25, 0.3) is 0 Å². The lowest BCUT2D eigenvalue weighted by atomic mass is 10.0. The lowest BCUT2D eigenvalue weighted by Crippen LogP contribution is -2.42. The SMILES string of the molecule is NC1c2ccccc2OCC1S(=O)(=O)Cc1ccccc1. The van der Waals surface area contributed by atoms with Crippen molar-refractivity contribution in [2.24, 2.45) is 5.73 Å². The predicted molar refractivity (Wildman–Crippen MR) is 81.7 cm³/mol. The molecule has 0 radical (unpaired) electrons. The quantitative estimate of drug-likeness (QED) is 0.942. The summed E-state index contributed by atoms with van der Waals surface area (Å²) in [6, 6.07) is 15.9. The molecule has 1 aliphatic rings. The van der Waals surface area contributed by atoms with E-state index in [4.69, 9.17) is 10.5 Å². The van der Waals surface area contributed by atoms with Gasteiger partial charge in [0.2, 0.25) is 0 Å². The first-order valence-corrected chi connectivity index (χ1v) is 8.52. The van der Waals surface area contributed by atoms with E-state index in [1.807, 2.05) is 42.5 Å². The average molecular weight is 303 g/mol. The van der Waals surface area contributed by atoms with Crippen molar-refractivity contribution in [2.75, 3.05) is 6.61 Å². The monoisotopic (exact) mass is 303 g/mol. The van der Waals surface area contributed by atoms with Crippen molar-refractivity contribution in [3.05, 3.63) is 65.7 Å². The molecule has 0 bridgehead atoms. The predicted octanol–water partition coefficient (Wildman–Crippen LogP) is 2.06. The highest BCUT2D eigenvalue weighted by atomic mass is 32.2. The standard InChI is InChI=1S/C16H17NO3S/c17-16-13-8-4-5-9-14(13)20-10-15(16)21(18,19)11-12-6-2-1-3-7-12/h1-9,15-16H,10-11,17H2. The Bertz CT molecular complexity index is 728. The summed E-state index contributed by atoms with van der Waals surface area (Å²) in [5.74, 6) is 0.661. The van der Waals surface area contributed by atoms with E-state index in [0.717, 1.165) is 11.1 Å². The van der Waals surface area contributed by atoms with Crippen molar-refractivity contribution in [3.8, 4) is 5.75 Å². The van der Waals surface area contributed by atoms with Crippen molar-refractivity contribution in [1.29, 1.82) is 0 Å². The van der Waals surface area contributed by atoms with Gasteiger partial charge in [0.1, 0.15) is 17.6 Å². The number of nitrogens with two attached hydrogens (primary N) is 1. The highest BCUT2D eigenvalue weighted by Crippen LogP contribution is 2.34. The van der Waals surface area contributed by atoms with Gasteiger partial charge in [-0.2, -0.15) is 0 Å². The maximum absolute atomic E-state index is 12.6. The van der Waals surface area contributed by atoms with Crippen molar-refractivity contribution >= 4 is 9.84 Å².